The van der Waals surface area contributed by atoms with Crippen LogP contribution in [0.3, 0.4) is 0 Å². The lowest BCUT2D eigenvalue weighted by Crippen LogP contribution is -1.92. The van der Waals surface area contributed by atoms with Gasteiger partial charge in [0.05, 0.1) is 22.2 Å². The van der Waals surface area contributed by atoms with Crippen LogP contribution in [0.5, 0.6) is 0 Å². The van der Waals surface area contributed by atoms with Crippen LogP contribution in [-0.2, 0) is 7.05 Å². The maximum absolute atomic E-state index is 5.03. The third kappa shape index (κ3) is 6.05. The first-order valence-electron chi connectivity index (χ1n) is 13.2. The molecular weight excluding hydrogens is 474 g/mol. The molecule has 0 spiro atoms. The summed E-state index contributed by atoms with van der Waals surface area (Å²) in [5.74, 6) is 0.971. The van der Waals surface area contributed by atoms with Crippen molar-refractivity contribution in [3.63, 3.8) is 0 Å². The predicted octanol–water partition coefficient (Wildman–Crippen LogP) is 9.94. The van der Waals surface area contributed by atoms with Gasteiger partial charge in [-0.05, 0) is 44.4 Å². The molecule has 0 saturated carbocycles. The zero-order chi connectivity index (χ0) is 27.6. The maximum Gasteiger partial charge on any atom is 0.140 e. The molecule has 0 radical (unpaired) electrons. The summed E-state index contributed by atoms with van der Waals surface area (Å²) in [5.41, 5.74) is 6.31. The van der Waals surface area contributed by atoms with Crippen molar-refractivity contribution in [3.8, 4) is 22.6 Å². The first kappa shape index (κ1) is 27.3. The molecule has 0 bridgehead atoms. The molecule has 194 valence electrons. The molecule has 0 unspecified atom stereocenters. The molecule has 0 aliphatic carbocycles. The maximum atomic E-state index is 5.03. The lowest BCUT2D eigenvalue weighted by molar-refractivity contribution is 0.959. The fourth-order valence-corrected chi connectivity index (χ4v) is 4.54. The predicted molar refractivity (Wildman–Crippen MR) is 170 cm³/mol. The number of para-hydroxylation sites is 1. The molecule has 6 aromatic rings. The SMILES string of the molecule is C/C=C\C=C/C.C=CC.Cn1c(-c2ccccc2)nc2cc(-c3nc4ccccc4c4ccccc34)ccc21. The summed E-state index contributed by atoms with van der Waals surface area (Å²) in [5, 5.41) is 3.57. The molecule has 0 aliphatic heterocycles. The zero-order valence-electron chi connectivity index (χ0n) is 23.2. The number of aryl methyl sites for hydroxylation is 1. The molecule has 0 saturated heterocycles. The second-order valence-electron chi connectivity index (χ2n) is 9.05. The highest BCUT2D eigenvalue weighted by molar-refractivity contribution is 6.11. The van der Waals surface area contributed by atoms with E-state index in [0.717, 1.165) is 44.6 Å². The minimum absolute atomic E-state index is 0.971. The Morgan fingerprint density at radius 3 is 1.87 bits per heavy atom. The lowest BCUT2D eigenvalue weighted by atomic mass is 10.00. The van der Waals surface area contributed by atoms with Gasteiger partial charge in [-0.2, -0.15) is 0 Å². The number of benzene rings is 4. The van der Waals surface area contributed by atoms with E-state index in [-0.39, 0.29) is 0 Å². The summed E-state index contributed by atoms with van der Waals surface area (Å²) < 4.78 is 2.15. The van der Waals surface area contributed by atoms with E-state index < -0.39 is 0 Å². The molecule has 0 aliphatic rings. The first-order valence-corrected chi connectivity index (χ1v) is 13.2. The topological polar surface area (TPSA) is 30.7 Å². The summed E-state index contributed by atoms with van der Waals surface area (Å²) in [6.07, 6.45) is 9.75. The Balaban J connectivity index is 0.000000344. The molecule has 0 amide bonds. The molecule has 3 heteroatoms. The Kier molecular flexibility index (Phi) is 9.20. The van der Waals surface area contributed by atoms with E-state index in [9.17, 15) is 0 Å². The van der Waals surface area contributed by atoms with E-state index in [1.165, 1.54) is 10.8 Å². The van der Waals surface area contributed by atoms with Crippen molar-refractivity contribution in [2.75, 3.05) is 0 Å². The highest BCUT2D eigenvalue weighted by Gasteiger charge is 2.14. The molecule has 6 rings (SSSR count). The quantitative estimate of drug-likeness (QED) is 0.135. The Hall–Kier alpha value is -4.76. The fourth-order valence-electron chi connectivity index (χ4n) is 4.54. The number of hydrogen-bond acceptors (Lipinski definition) is 2. The van der Waals surface area contributed by atoms with Crippen LogP contribution in [0.4, 0.5) is 0 Å². The molecule has 3 nitrogen and oxygen atoms in total. The molecular formula is C36H35N3. The smallest absolute Gasteiger partial charge is 0.140 e. The summed E-state index contributed by atoms with van der Waals surface area (Å²) >= 11 is 0. The second-order valence-corrected chi connectivity index (χ2v) is 9.05. The van der Waals surface area contributed by atoms with Gasteiger partial charge in [0.1, 0.15) is 5.82 Å². The minimum Gasteiger partial charge on any atom is -0.327 e. The molecule has 0 fully saturated rings. The lowest BCUT2D eigenvalue weighted by Gasteiger charge is -2.10. The number of fused-ring (bicyclic) bond motifs is 4. The number of aromatic nitrogens is 3. The standard InChI is InChI=1S/C27H19N3.C6H10.C3H6/c1-30-25-16-15-19(17-24(25)29-27(30)18-9-3-2-4-10-18)26-22-13-6-5-11-20(22)21-12-7-8-14-23(21)28-26;1-3-5-6-4-2;1-3-2/h2-17H,1H3;3-6H,1-2H3;3H,1H2,2H3/b;5-3-,6-4-;. The van der Waals surface area contributed by atoms with Crippen LogP contribution in [-0.4, -0.2) is 14.5 Å². The molecule has 2 aromatic heterocycles. The normalized spacial score (nSPS) is 11.0. The summed E-state index contributed by atoms with van der Waals surface area (Å²) in [4.78, 5) is 9.98. The van der Waals surface area contributed by atoms with Gasteiger partial charge in [0.2, 0.25) is 0 Å². The second kappa shape index (κ2) is 13.2. The highest BCUT2D eigenvalue weighted by atomic mass is 15.1. The van der Waals surface area contributed by atoms with Crippen LogP contribution >= 0.6 is 0 Å². The summed E-state index contributed by atoms with van der Waals surface area (Å²) in [6, 6.07) is 33.6. The first-order chi connectivity index (χ1) is 19.1. The number of hydrogen-bond donors (Lipinski definition) is 0. The Labute approximate surface area is 231 Å². The summed E-state index contributed by atoms with van der Waals surface area (Å²) in [6.45, 7) is 9.25. The fraction of sp³-hybridized carbons (Fsp3) is 0.111. The van der Waals surface area contributed by atoms with Crippen molar-refractivity contribution in [3.05, 3.63) is 134 Å². The van der Waals surface area contributed by atoms with Crippen LogP contribution in [0.1, 0.15) is 20.8 Å². The average molecular weight is 510 g/mol. The van der Waals surface area contributed by atoms with E-state index >= 15 is 0 Å². The average Bonchev–Trinajstić information content (AvgIpc) is 3.32. The monoisotopic (exact) mass is 509 g/mol. The largest absolute Gasteiger partial charge is 0.327 e. The van der Waals surface area contributed by atoms with Gasteiger partial charge in [0, 0.05) is 28.9 Å². The van der Waals surface area contributed by atoms with E-state index in [2.05, 4.69) is 91.0 Å². The van der Waals surface area contributed by atoms with Crippen LogP contribution < -0.4 is 0 Å². The van der Waals surface area contributed by atoms with Crippen molar-refractivity contribution in [1.82, 2.24) is 14.5 Å². The van der Waals surface area contributed by atoms with Gasteiger partial charge in [0.25, 0.3) is 0 Å². The van der Waals surface area contributed by atoms with Gasteiger partial charge in [0.15, 0.2) is 0 Å². The minimum atomic E-state index is 0.971. The van der Waals surface area contributed by atoms with Crippen LogP contribution in [0.2, 0.25) is 0 Å². The van der Waals surface area contributed by atoms with E-state index in [1.54, 1.807) is 6.08 Å². The van der Waals surface area contributed by atoms with Crippen LogP contribution in [0, 0.1) is 0 Å². The van der Waals surface area contributed by atoms with Gasteiger partial charge in [-0.3, -0.25) is 0 Å². The molecule has 0 atom stereocenters. The van der Waals surface area contributed by atoms with E-state index in [1.807, 2.05) is 69.3 Å². The van der Waals surface area contributed by atoms with Crippen LogP contribution in [0.25, 0.3) is 55.4 Å². The highest BCUT2D eigenvalue weighted by Crippen LogP contribution is 2.34. The number of imidazole rings is 1. The van der Waals surface area contributed by atoms with Gasteiger partial charge in [-0.15, -0.1) is 6.58 Å². The van der Waals surface area contributed by atoms with Crippen molar-refractivity contribution in [2.24, 2.45) is 7.05 Å². The van der Waals surface area contributed by atoms with Crippen LogP contribution in [0.15, 0.2) is 134 Å². The zero-order valence-corrected chi connectivity index (χ0v) is 23.2. The Morgan fingerprint density at radius 1 is 0.615 bits per heavy atom. The van der Waals surface area contributed by atoms with E-state index in [4.69, 9.17) is 9.97 Å². The molecule has 2 heterocycles. The third-order valence-corrected chi connectivity index (χ3v) is 6.29. The number of rotatable bonds is 3. The van der Waals surface area contributed by atoms with Gasteiger partial charge >= 0.3 is 0 Å². The Bertz CT molecular complexity index is 1750. The van der Waals surface area contributed by atoms with Crippen molar-refractivity contribution in [1.29, 1.82) is 0 Å². The summed E-state index contributed by atoms with van der Waals surface area (Å²) in [7, 11) is 2.07. The van der Waals surface area contributed by atoms with Crippen molar-refractivity contribution in [2.45, 2.75) is 20.8 Å². The van der Waals surface area contributed by atoms with Gasteiger partial charge in [-0.25, -0.2) is 9.97 Å². The Morgan fingerprint density at radius 2 is 1.21 bits per heavy atom. The van der Waals surface area contributed by atoms with Gasteiger partial charge in [-0.1, -0.05) is 109 Å². The number of allylic oxidation sites excluding steroid dienone is 5. The van der Waals surface area contributed by atoms with Crippen molar-refractivity contribution >= 4 is 32.7 Å². The number of nitrogens with zero attached hydrogens (tertiary/aromatic N) is 3. The molecule has 4 aromatic carbocycles. The number of pyridine rings is 1. The van der Waals surface area contributed by atoms with Gasteiger partial charge < -0.3 is 4.57 Å². The third-order valence-electron chi connectivity index (χ3n) is 6.29. The van der Waals surface area contributed by atoms with E-state index in [0.29, 0.717) is 0 Å². The molecule has 0 N–H and O–H groups in total. The van der Waals surface area contributed by atoms with Crippen molar-refractivity contribution < 1.29 is 0 Å². The molecule has 39 heavy (non-hydrogen) atoms.